The number of benzene rings is 2. The monoisotopic (exact) mass is 355 g/mol. The average molecular weight is 355 g/mol. The van der Waals surface area contributed by atoms with Gasteiger partial charge in [-0.2, -0.15) is 0 Å². The fourth-order valence-corrected chi connectivity index (χ4v) is 2.11. The molecule has 0 aliphatic rings. The largest absolute Gasteiger partial charge is 0.504 e. The van der Waals surface area contributed by atoms with Crippen molar-refractivity contribution in [3.05, 3.63) is 59.7 Å². The van der Waals surface area contributed by atoms with E-state index in [2.05, 4.69) is 5.32 Å². The third-order valence-electron chi connectivity index (χ3n) is 3.60. The zero-order chi connectivity index (χ0) is 19.1. The fraction of sp³-hybridized carbons (Fsp3) is 0.200. The number of carbonyl (C=O) groups is 2. The van der Waals surface area contributed by atoms with Crippen molar-refractivity contribution in [1.29, 1.82) is 0 Å². The van der Waals surface area contributed by atoms with Crippen molar-refractivity contribution in [3.8, 4) is 11.5 Å². The van der Waals surface area contributed by atoms with Gasteiger partial charge in [0.25, 0.3) is 5.91 Å². The Morgan fingerprint density at radius 2 is 1.85 bits per heavy atom. The predicted octanol–water partition coefficient (Wildman–Crippen LogP) is 3.29. The summed E-state index contributed by atoms with van der Waals surface area (Å²) in [5, 5.41) is 12.2. The summed E-state index contributed by atoms with van der Waals surface area (Å²) in [4.78, 5) is 24.0. The maximum Gasteiger partial charge on any atom is 0.331 e. The van der Waals surface area contributed by atoms with Crippen LogP contribution in [0.1, 0.15) is 18.1 Å². The van der Waals surface area contributed by atoms with Gasteiger partial charge in [-0.15, -0.1) is 0 Å². The molecule has 0 spiro atoms. The lowest BCUT2D eigenvalue weighted by molar-refractivity contribution is -0.148. The van der Waals surface area contributed by atoms with Gasteiger partial charge in [0.05, 0.1) is 7.11 Å². The van der Waals surface area contributed by atoms with Crippen LogP contribution < -0.4 is 10.1 Å². The molecule has 136 valence electrons. The van der Waals surface area contributed by atoms with Crippen LogP contribution >= 0.6 is 0 Å². The second kappa shape index (κ2) is 8.71. The summed E-state index contributed by atoms with van der Waals surface area (Å²) in [6.45, 7) is 3.45. The molecule has 0 unspecified atom stereocenters. The van der Waals surface area contributed by atoms with E-state index in [1.165, 1.54) is 32.3 Å². The molecule has 0 heterocycles. The zero-order valence-electron chi connectivity index (χ0n) is 14.9. The quantitative estimate of drug-likeness (QED) is 0.613. The van der Waals surface area contributed by atoms with Gasteiger partial charge in [0, 0.05) is 11.8 Å². The summed E-state index contributed by atoms with van der Waals surface area (Å²) in [6, 6.07) is 12.0. The second-order valence-electron chi connectivity index (χ2n) is 5.70. The summed E-state index contributed by atoms with van der Waals surface area (Å²) < 4.78 is 10.1. The van der Waals surface area contributed by atoms with Crippen LogP contribution in [-0.4, -0.2) is 30.2 Å². The summed E-state index contributed by atoms with van der Waals surface area (Å²) in [5.74, 6) is -0.759. The highest BCUT2D eigenvalue weighted by atomic mass is 16.5. The number of hydrogen-bond donors (Lipinski definition) is 2. The maximum atomic E-state index is 12.1. The van der Waals surface area contributed by atoms with E-state index in [0.29, 0.717) is 17.0 Å². The Hall–Kier alpha value is -3.28. The Kier molecular flexibility index (Phi) is 6.38. The molecule has 0 saturated heterocycles. The van der Waals surface area contributed by atoms with E-state index in [0.717, 1.165) is 5.56 Å². The molecule has 2 aromatic carbocycles. The Morgan fingerprint density at radius 3 is 2.50 bits per heavy atom. The predicted molar refractivity (Wildman–Crippen MR) is 99.1 cm³/mol. The molecule has 0 aliphatic carbocycles. The molecule has 0 saturated carbocycles. The van der Waals surface area contributed by atoms with E-state index in [4.69, 9.17) is 9.47 Å². The first-order valence-electron chi connectivity index (χ1n) is 8.02. The molecule has 26 heavy (non-hydrogen) atoms. The molecule has 0 aromatic heterocycles. The van der Waals surface area contributed by atoms with Gasteiger partial charge in [-0.05, 0) is 49.8 Å². The first-order valence-corrected chi connectivity index (χ1v) is 8.02. The molecule has 0 aliphatic heterocycles. The topological polar surface area (TPSA) is 84.9 Å². The highest BCUT2D eigenvalue weighted by Crippen LogP contribution is 2.26. The van der Waals surface area contributed by atoms with Crippen LogP contribution in [0.3, 0.4) is 0 Å². The van der Waals surface area contributed by atoms with Crippen LogP contribution in [0, 0.1) is 6.92 Å². The number of anilines is 1. The van der Waals surface area contributed by atoms with Crippen molar-refractivity contribution in [3.63, 3.8) is 0 Å². The Labute approximate surface area is 152 Å². The number of esters is 1. The van der Waals surface area contributed by atoms with E-state index in [1.807, 2.05) is 19.1 Å². The number of ether oxygens (including phenoxy) is 2. The average Bonchev–Trinajstić information content (AvgIpc) is 2.62. The smallest absolute Gasteiger partial charge is 0.331 e. The van der Waals surface area contributed by atoms with Gasteiger partial charge in [-0.3, -0.25) is 4.79 Å². The normalized spacial score (nSPS) is 11.8. The number of phenols is 1. The van der Waals surface area contributed by atoms with Gasteiger partial charge >= 0.3 is 5.97 Å². The number of nitrogens with one attached hydrogen (secondary N) is 1. The van der Waals surface area contributed by atoms with E-state index in [1.54, 1.807) is 24.3 Å². The van der Waals surface area contributed by atoms with E-state index in [9.17, 15) is 14.7 Å². The van der Waals surface area contributed by atoms with Crippen molar-refractivity contribution < 1.29 is 24.2 Å². The molecule has 6 heteroatoms. The molecule has 2 rings (SSSR count). The zero-order valence-corrected chi connectivity index (χ0v) is 14.9. The first kappa shape index (κ1) is 19.1. The van der Waals surface area contributed by atoms with Crippen LogP contribution in [0.5, 0.6) is 11.5 Å². The van der Waals surface area contributed by atoms with Crippen LogP contribution in [0.4, 0.5) is 5.69 Å². The standard InChI is InChI=1S/C20H21NO5/c1-13-4-8-16(9-5-13)21-20(24)14(2)26-19(23)11-7-15-6-10-17(22)18(12-15)25-3/h4-12,14,22H,1-3H3,(H,21,24)/b11-7+/t14-/m1/s1. The highest BCUT2D eigenvalue weighted by molar-refractivity contribution is 5.96. The highest BCUT2D eigenvalue weighted by Gasteiger charge is 2.16. The molecule has 1 atom stereocenters. The molecule has 0 fully saturated rings. The number of aryl methyl sites for hydroxylation is 1. The molecular weight excluding hydrogens is 334 g/mol. The Balaban J connectivity index is 1.91. The SMILES string of the molecule is COc1cc(/C=C/C(=O)O[C@H](C)C(=O)Nc2ccc(C)cc2)ccc1O. The van der Waals surface area contributed by atoms with E-state index < -0.39 is 18.0 Å². The van der Waals surface area contributed by atoms with Gasteiger partial charge in [0.1, 0.15) is 0 Å². The maximum absolute atomic E-state index is 12.1. The lowest BCUT2D eigenvalue weighted by Crippen LogP contribution is -2.29. The molecule has 0 radical (unpaired) electrons. The second-order valence-corrected chi connectivity index (χ2v) is 5.70. The Morgan fingerprint density at radius 1 is 1.15 bits per heavy atom. The minimum absolute atomic E-state index is 0.00799. The molecule has 2 N–H and O–H groups in total. The van der Waals surface area contributed by atoms with E-state index in [-0.39, 0.29) is 5.75 Å². The molecule has 0 bridgehead atoms. The summed E-state index contributed by atoms with van der Waals surface area (Å²) in [6.07, 6.45) is 1.78. The summed E-state index contributed by atoms with van der Waals surface area (Å²) in [7, 11) is 1.44. The van der Waals surface area contributed by atoms with Gasteiger partial charge < -0.3 is 19.9 Å². The Bertz CT molecular complexity index is 811. The number of phenolic OH excluding ortho intramolecular Hbond substituents is 1. The van der Waals surface area contributed by atoms with Gasteiger partial charge in [-0.25, -0.2) is 4.79 Å². The summed E-state index contributed by atoms with van der Waals surface area (Å²) >= 11 is 0. The van der Waals surface area contributed by atoms with Crippen LogP contribution in [0.25, 0.3) is 6.08 Å². The first-order chi connectivity index (χ1) is 12.4. The number of carbonyl (C=O) groups excluding carboxylic acids is 2. The number of amides is 1. The van der Waals surface area contributed by atoms with Crippen molar-refractivity contribution in [2.24, 2.45) is 0 Å². The third kappa shape index (κ3) is 5.37. The lowest BCUT2D eigenvalue weighted by atomic mass is 10.2. The molecule has 1 amide bonds. The molecule has 2 aromatic rings. The van der Waals surface area contributed by atoms with Crippen LogP contribution in [0.15, 0.2) is 48.5 Å². The van der Waals surface area contributed by atoms with E-state index >= 15 is 0 Å². The molecule has 6 nitrogen and oxygen atoms in total. The number of hydrogen-bond acceptors (Lipinski definition) is 5. The lowest BCUT2D eigenvalue weighted by Gasteiger charge is -2.12. The number of methoxy groups -OCH3 is 1. The third-order valence-corrected chi connectivity index (χ3v) is 3.60. The fourth-order valence-electron chi connectivity index (χ4n) is 2.11. The minimum Gasteiger partial charge on any atom is -0.504 e. The van der Waals surface area contributed by atoms with Crippen molar-refractivity contribution >= 4 is 23.6 Å². The van der Waals surface area contributed by atoms with Crippen molar-refractivity contribution in [1.82, 2.24) is 0 Å². The summed E-state index contributed by atoms with van der Waals surface area (Å²) in [5.41, 5.74) is 2.36. The minimum atomic E-state index is -0.942. The van der Waals surface area contributed by atoms with Crippen molar-refractivity contribution in [2.75, 3.05) is 12.4 Å². The number of aromatic hydroxyl groups is 1. The van der Waals surface area contributed by atoms with Crippen LogP contribution in [0.2, 0.25) is 0 Å². The van der Waals surface area contributed by atoms with Gasteiger partial charge in [0.2, 0.25) is 0 Å². The molecular formula is C20H21NO5. The van der Waals surface area contributed by atoms with Crippen LogP contribution in [-0.2, 0) is 14.3 Å². The number of rotatable bonds is 6. The van der Waals surface area contributed by atoms with Gasteiger partial charge in [-0.1, -0.05) is 23.8 Å². The van der Waals surface area contributed by atoms with Crippen molar-refractivity contribution in [2.45, 2.75) is 20.0 Å². The van der Waals surface area contributed by atoms with Gasteiger partial charge in [0.15, 0.2) is 17.6 Å².